The van der Waals surface area contributed by atoms with Crippen LogP contribution in [0.25, 0.3) is 0 Å². The van der Waals surface area contributed by atoms with Crippen molar-refractivity contribution in [2.45, 2.75) is 77.2 Å². The fourth-order valence-electron chi connectivity index (χ4n) is 5.13. The zero-order valence-corrected chi connectivity index (χ0v) is 20.7. The number of ether oxygens (including phenoxy) is 2. The lowest BCUT2D eigenvalue weighted by molar-refractivity contribution is -0.121. The van der Waals surface area contributed by atoms with Gasteiger partial charge in [-0.3, -0.25) is 14.5 Å². The summed E-state index contributed by atoms with van der Waals surface area (Å²) in [6.45, 7) is 7.20. The SMILES string of the molecule is COC1(C)CCC(CC(=O)c2ccc3c(c2)C(C)(C)C(=O)N3c2cccc(OC(C)F)c2)CC1. The predicted molar refractivity (Wildman–Crippen MR) is 131 cm³/mol. The van der Waals surface area contributed by atoms with Crippen molar-refractivity contribution in [3.05, 3.63) is 53.6 Å². The van der Waals surface area contributed by atoms with Gasteiger partial charge in [0.2, 0.25) is 12.3 Å². The number of Topliss-reactive ketones (excluding diaryl/α,β-unsaturated/α-hetero) is 1. The Bertz CT molecular complexity index is 1090. The molecule has 1 unspecified atom stereocenters. The van der Waals surface area contributed by atoms with E-state index in [0.29, 0.717) is 29.3 Å². The third kappa shape index (κ3) is 4.61. The summed E-state index contributed by atoms with van der Waals surface area (Å²) in [5.41, 5.74) is 1.95. The summed E-state index contributed by atoms with van der Waals surface area (Å²) < 4.78 is 24.1. The molecule has 5 nitrogen and oxygen atoms in total. The first-order chi connectivity index (χ1) is 16.0. The molecule has 1 atom stereocenters. The first-order valence-electron chi connectivity index (χ1n) is 12.0. The van der Waals surface area contributed by atoms with E-state index in [1.807, 2.05) is 32.0 Å². The van der Waals surface area contributed by atoms with E-state index in [1.165, 1.54) is 6.92 Å². The van der Waals surface area contributed by atoms with Crippen LogP contribution in [0.15, 0.2) is 42.5 Å². The maximum Gasteiger partial charge on any atom is 0.241 e. The number of carbonyl (C=O) groups excluding carboxylic acids is 2. The summed E-state index contributed by atoms with van der Waals surface area (Å²) in [7, 11) is 1.76. The summed E-state index contributed by atoms with van der Waals surface area (Å²) in [6, 6.07) is 12.4. The molecule has 0 saturated heterocycles. The van der Waals surface area contributed by atoms with Gasteiger partial charge in [0.1, 0.15) is 5.75 Å². The highest BCUT2D eigenvalue weighted by Crippen LogP contribution is 2.46. The fraction of sp³-hybridized carbons (Fsp3) is 0.500. The lowest BCUT2D eigenvalue weighted by atomic mass is 9.77. The highest BCUT2D eigenvalue weighted by molar-refractivity contribution is 6.13. The largest absolute Gasteiger partial charge is 0.461 e. The van der Waals surface area contributed by atoms with Crippen molar-refractivity contribution in [3.8, 4) is 5.75 Å². The van der Waals surface area contributed by atoms with Gasteiger partial charge in [-0.15, -0.1) is 0 Å². The molecule has 1 heterocycles. The Balaban J connectivity index is 1.57. The number of methoxy groups -OCH3 is 1. The minimum absolute atomic E-state index is 0.0778. The molecule has 2 aromatic carbocycles. The second-order valence-electron chi connectivity index (χ2n) is 10.4. The first kappa shape index (κ1) is 24.4. The number of anilines is 2. The van der Waals surface area contributed by atoms with Crippen LogP contribution in [0.4, 0.5) is 15.8 Å². The molecular formula is C28H34FNO4. The number of amides is 1. The van der Waals surface area contributed by atoms with Crippen LogP contribution in [-0.4, -0.2) is 30.8 Å². The molecule has 6 heteroatoms. The quantitative estimate of drug-likeness (QED) is 0.436. The number of rotatable bonds is 7. The van der Waals surface area contributed by atoms with Crippen molar-refractivity contribution in [1.82, 2.24) is 0 Å². The second kappa shape index (κ2) is 9.14. The lowest BCUT2D eigenvalue weighted by Gasteiger charge is -2.36. The summed E-state index contributed by atoms with van der Waals surface area (Å²) >= 11 is 0. The minimum Gasteiger partial charge on any atom is -0.461 e. The smallest absolute Gasteiger partial charge is 0.241 e. The monoisotopic (exact) mass is 467 g/mol. The Labute approximate surface area is 201 Å². The van der Waals surface area contributed by atoms with Gasteiger partial charge in [-0.05, 0) is 88.3 Å². The zero-order chi connectivity index (χ0) is 24.7. The topological polar surface area (TPSA) is 55.8 Å². The van der Waals surface area contributed by atoms with Gasteiger partial charge >= 0.3 is 0 Å². The van der Waals surface area contributed by atoms with E-state index >= 15 is 0 Å². The number of carbonyl (C=O) groups is 2. The van der Waals surface area contributed by atoms with Crippen molar-refractivity contribution < 1.29 is 23.5 Å². The Hall–Kier alpha value is -2.73. The van der Waals surface area contributed by atoms with Crippen LogP contribution in [0.1, 0.15) is 75.7 Å². The molecule has 1 fully saturated rings. The van der Waals surface area contributed by atoms with Gasteiger partial charge in [0.05, 0.1) is 22.4 Å². The van der Waals surface area contributed by atoms with Gasteiger partial charge in [0.25, 0.3) is 0 Å². The highest BCUT2D eigenvalue weighted by Gasteiger charge is 2.45. The van der Waals surface area contributed by atoms with Gasteiger partial charge in [-0.25, -0.2) is 4.39 Å². The number of hydrogen-bond donors (Lipinski definition) is 0. The van der Waals surface area contributed by atoms with E-state index in [4.69, 9.17) is 9.47 Å². The molecule has 0 N–H and O–H groups in total. The molecule has 1 saturated carbocycles. The first-order valence-corrected chi connectivity index (χ1v) is 12.0. The van der Waals surface area contributed by atoms with Gasteiger partial charge in [-0.2, -0.15) is 0 Å². The highest BCUT2D eigenvalue weighted by atomic mass is 19.1. The third-order valence-electron chi connectivity index (χ3n) is 7.47. The molecule has 34 heavy (non-hydrogen) atoms. The number of alkyl halides is 1. The van der Waals surface area contributed by atoms with Crippen LogP contribution >= 0.6 is 0 Å². The van der Waals surface area contributed by atoms with Crippen LogP contribution in [0.3, 0.4) is 0 Å². The summed E-state index contributed by atoms with van der Waals surface area (Å²) in [5, 5.41) is 0. The van der Waals surface area contributed by atoms with E-state index in [-0.39, 0.29) is 17.3 Å². The van der Waals surface area contributed by atoms with E-state index < -0.39 is 11.8 Å². The summed E-state index contributed by atoms with van der Waals surface area (Å²) in [5.74, 6) is 0.734. The maximum atomic E-state index is 13.4. The van der Waals surface area contributed by atoms with Crippen molar-refractivity contribution in [3.63, 3.8) is 0 Å². The Kier molecular flexibility index (Phi) is 6.56. The zero-order valence-electron chi connectivity index (χ0n) is 20.7. The Morgan fingerprint density at radius 3 is 2.50 bits per heavy atom. The number of hydrogen-bond acceptors (Lipinski definition) is 4. The second-order valence-corrected chi connectivity index (χ2v) is 10.4. The molecule has 2 aromatic rings. The molecule has 1 aliphatic carbocycles. The average Bonchev–Trinajstić information content (AvgIpc) is 3.00. The number of nitrogens with zero attached hydrogens (tertiary/aromatic N) is 1. The number of fused-ring (bicyclic) bond motifs is 1. The normalized spacial score (nSPS) is 24.6. The number of benzene rings is 2. The van der Waals surface area contributed by atoms with E-state index in [9.17, 15) is 14.0 Å². The Morgan fingerprint density at radius 2 is 1.85 bits per heavy atom. The van der Waals surface area contributed by atoms with E-state index in [2.05, 4.69) is 6.92 Å². The predicted octanol–water partition coefficient (Wildman–Crippen LogP) is 6.50. The Morgan fingerprint density at radius 1 is 1.15 bits per heavy atom. The van der Waals surface area contributed by atoms with Crippen LogP contribution in [0.5, 0.6) is 5.75 Å². The van der Waals surface area contributed by atoms with Crippen molar-refractivity contribution in [1.29, 1.82) is 0 Å². The van der Waals surface area contributed by atoms with E-state index in [1.54, 1.807) is 36.3 Å². The average molecular weight is 468 g/mol. The fourth-order valence-corrected chi connectivity index (χ4v) is 5.13. The lowest BCUT2D eigenvalue weighted by Crippen LogP contribution is -2.33. The minimum atomic E-state index is -1.45. The van der Waals surface area contributed by atoms with Gasteiger partial charge in [-0.1, -0.05) is 6.07 Å². The third-order valence-corrected chi connectivity index (χ3v) is 7.47. The van der Waals surface area contributed by atoms with Crippen molar-refractivity contribution >= 4 is 23.1 Å². The molecular weight excluding hydrogens is 433 g/mol. The van der Waals surface area contributed by atoms with E-state index in [0.717, 1.165) is 36.9 Å². The van der Waals surface area contributed by atoms with Gasteiger partial charge < -0.3 is 9.47 Å². The summed E-state index contributed by atoms with van der Waals surface area (Å²) in [6.07, 6.45) is 2.95. The molecule has 1 amide bonds. The number of ketones is 1. The maximum absolute atomic E-state index is 13.4. The van der Waals surface area contributed by atoms with Crippen LogP contribution in [-0.2, 0) is 14.9 Å². The molecule has 2 aliphatic rings. The van der Waals surface area contributed by atoms with Gasteiger partial charge in [0.15, 0.2) is 5.78 Å². The molecule has 0 aromatic heterocycles. The molecule has 182 valence electrons. The summed E-state index contributed by atoms with van der Waals surface area (Å²) in [4.78, 5) is 28.2. The molecule has 4 rings (SSSR count). The van der Waals surface area contributed by atoms with Crippen LogP contribution < -0.4 is 9.64 Å². The standard InChI is InChI=1S/C28H34FNO4/c1-18(29)34-22-8-6-7-21(17-22)30-24-10-9-20(16-23(24)27(2,3)26(30)32)25(31)15-19-11-13-28(4,33-5)14-12-19/h6-10,16-19H,11-15H2,1-5H3. The number of halogens is 1. The van der Waals surface area contributed by atoms with Crippen LogP contribution in [0, 0.1) is 5.92 Å². The van der Waals surface area contributed by atoms with Gasteiger partial charge in [0, 0.05) is 32.1 Å². The molecule has 0 radical (unpaired) electrons. The van der Waals surface area contributed by atoms with Crippen molar-refractivity contribution in [2.75, 3.05) is 12.0 Å². The van der Waals surface area contributed by atoms with Crippen molar-refractivity contribution in [2.24, 2.45) is 5.92 Å². The molecule has 0 spiro atoms. The molecule has 1 aliphatic heterocycles. The molecule has 0 bridgehead atoms. The van der Waals surface area contributed by atoms with Crippen LogP contribution in [0.2, 0.25) is 0 Å².